The molecule has 0 spiro atoms. The lowest BCUT2D eigenvalue weighted by Crippen LogP contribution is -1.36. The maximum absolute atomic E-state index is 3.48. The van der Waals surface area contributed by atoms with Crippen molar-refractivity contribution in [3.8, 4) is 0 Å². The highest BCUT2D eigenvalue weighted by Crippen LogP contribution is 1.66. The Hall–Kier alpha value is -0.780. The van der Waals surface area contributed by atoms with E-state index in [4.69, 9.17) is 0 Å². The quantitative estimate of drug-likeness (QED) is 0.368. The lowest BCUT2D eigenvalue weighted by Gasteiger charge is -1.57. The molecule has 0 heteroatoms. The van der Waals surface area contributed by atoms with Crippen molar-refractivity contribution in [2.75, 3.05) is 0 Å². The van der Waals surface area contributed by atoms with E-state index in [0.29, 0.717) is 0 Å². The smallest absolute Gasteiger partial charge is 0.0382 e. The standard InChI is InChI=1S/C5H8.C4H8.3C2H6/c1-3-5-4-2;1-3-4-2;3*1-2/h3-5H,1H2,2H3;3H,1,4H2,2H3;3*1-2H3/b5-4-;;;;. The first-order valence-corrected chi connectivity index (χ1v) is 6.18. The van der Waals surface area contributed by atoms with Gasteiger partial charge in [0.25, 0.3) is 0 Å². The van der Waals surface area contributed by atoms with Gasteiger partial charge >= 0.3 is 0 Å². The Morgan fingerprint density at radius 3 is 1.13 bits per heavy atom. The lowest BCUT2D eigenvalue weighted by atomic mass is 10.5. The minimum Gasteiger partial charge on any atom is -0.103 e. The number of hydrogen-bond acceptors (Lipinski definition) is 0. The van der Waals surface area contributed by atoms with Crippen LogP contribution in [-0.4, -0.2) is 0 Å². The number of hydrogen-bond donors (Lipinski definition) is 0. The zero-order chi connectivity index (χ0) is 13.5. The van der Waals surface area contributed by atoms with E-state index in [2.05, 4.69) is 20.1 Å². The largest absolute Gasteiger partial charge is 0.103 e. The highest BCUT2D eigenvalue weighted by atomic mass is 13.5. The van der Waals surface area contributed by atoms with Crippen LogP contribution in [0.15, 0.2) is 37.5 Å². The van der Waals surface area contributed by atoms with Crippen molar-refractivity contribution in [3.05, 3.63) is 37.5 Å². The molecule has 0 aromatic carbocycles. The summed E-state index contributed by atoms with van der Waals surface area (Å²) in [6, 6.07) is 0. The SMILES string of the molecule is C=C/C=C\C.C=CCC.CC.CC.CC. The molecule has 0 nitrogen and oxygen atoms in total. The second-order valence-electron chi connectivity index (χ2n) is 1.46. The third-order valence-corrected chi connectivity index (χ3v) is 0.617. The molecule has 0 N–H and O–H groups in total. The fourth-order valence-corrected chi connectivity index (χ4v) is 0.136. The van der Waals surface area contributed by atoms with E-state index in [1.54, 1.807) is 6.08 Å². The summed E-state index contributed by atoms with van der Waals surface area (Å²) in [6.45, 7) is 23.0. The highest BCUT2D eigenvalue weighted by molar-refractivity contribution is 4.94. The van der Waals surface area contributed by atoms with Crippen LogP contribution in [0.5, 0.6) is 0 Å². The molecule has 0 amide bonds. The summed E-state index contributed by atoms with van der Waals surface area (Å²) < 4.78 is 0. The molecule has 0 unspecified atom stereocenters. The summed E-state index contributed by atoms with van der Waals surface area (Å²) in [5, 5.41) is 0. The van der Waals surface area contributed by atoms with Crippen molar-refractivity contribution in [2.24, 2.45) is 0 Å². The van der Waals surface area contributed by atoms with Crippen molar-refractivity contribution in [1.82, 2.24) is 0 Å². The molecule has 0 radical (unpaired) electrons. The molecule has 0 saturated heterocycles. The Morgan fingerprint density at radius 2 is 1.13 bits per heavy atom. The fraction of sp³-hybridized carbons (Fsp3) is 0.600. The van der Waals surface area contributed by atoms with E-state index in [-0.39, 0.29) is 0 Å². The predicted molar refractivity (Wildman–Crippen MR) is 79.5 cm³/mol. The molecule has 15 heavy (non-hydrogen) atoms. The molecule has 0 aromatic rings. The molecular formula is C15H34. The topological polar surface area (TPSA) is 0 Å². The first-order valence-electron chi connectivity index (χ1n) is 6.18. The zero-order valence-corrected chi connectivity index (χ0v) is 12.4. The third kappa shape index (κ3) is 338. The van der Waals surface area contributed by atoms with E-state index >= 15 is 0 Å². The van der Waals surface area contributed by atoms with Gasteiger partial charge in [-0.3, -0.25) is 0 Å². The van der Waals surface area contributed by atoms with Gasteiger partial charge in [-0.25, -0.2) is 0 Å². The fourth-order valence-electron chi connectivity index (χ4n) is 0.136. The highest BCUT2D eigenvalue weighted by Gasteiger charge is 1.45. The Labute approximate surface area is 99.8 Å². The summed E-state index contributed by atoms with van der Waals surface area (Å²) in [5.41, 5.74) is 0. The van der Waals surface area contributed by atoms with E-state index in [1.165, 1.54) is 0 Å². The van der Waals surface area contributed by atoms with Crippen LogP contribution >= 0.6 is 0 Å². The predicted octanol–water partition coefficient (Wildman–Crippen LogP) is 6.41. The third-order valence-electron chi connectivity index (χ3n) is 0.617. The van der Waals surface area contributed by atoms with Crippen LogP contribution in [0.1, 0.15) is 61.8 Å². The van der Waals surface area contributed by atoms with E-state index in [9.17, 15) is 0 Å². The van der Waals surface area contributed by atoms with Gasteiger partial charge in [-0.15, -0.1) is 6.58 Å². The summed E-state index contributed by atoms with van der Waals surface area (Å²) in [4.78, 5) is 0. The van der Waals surface area contributed by atoms with Gasteiger partial charge in [-0.1, -0.05) is 79.3 Å². The van der Waals surface area contributed by atoms with Crippen LogP contribution in [0.3, 0.4) is 0 Å². The molecule has 0 atom stereocenters. The van der Waals surface area contributed by atoms with Gasteiger partial charge in [-0.05, 0) is 13.3 Å². The Kier molecular flexibility index (Phi) is 216. The first-order chi connectivity index (χ1) is 7.33. The Balaban J connectivity index is -0.0000000301. The summed E-state index contributed by atoms with van der Waals surface area (Å²) >= 11 is 0. The van der Waals surface area contributed by atoms with E-state index < -0.39 is 0 Å². The van der Waals surface area contributed by atoms with Gasteiger partial charge < -0.3 is 0 Å². The molecule has 0 heterocycles. The molecule has 0 aliphatic carbocycles. The van der Waals surface area contributed by atoms with Crippen LogP contribution in [-0.2, 0) is 0 Å². The molecule has 0 fully saturated rings. The second kappa shape index (κ2) is 111. The van der Waals surface area contributed by atoms with Gasteiger partial charge in [0.2, 0.25) is 0 Å². The maximum atomic E-state index is 3.48. The van der Waals surface area contributed by atoms with Gasteiger partial charge in [0.1, 0.15) is 0 Å². The van der Waals surface area contributed by atoms with Gasteiger partial charge in [0, 0.05) is 0 Å². The molecule has 0 rings (SSSR count). The number of rotatable bonds is 2. The van der Waals surface area contributed by atoms with Crippen LogP contribution in [0.25, 0.3) is 0 Å². The Bertz CT molecular complexity index is 78.0. The van der Waals surface area contributed by atoms with Gasteiger partial charge in [0.15, 0.2) is 0 Å². The normalized spacial score (nSPS) is 5.87. The van der Waals surface area contributed by atoms with Crippen LogP contribution in [0.2, 0.25) is 0 Å². The van der Waals surface area contributed by atoms with E-state index in [0.717, 1.165) is 6.42 Å². The molecule has 0 aliphatic heterocycles. The minimum absolute atomic E-state index is 1.08. The first kappa shape index (κ1) is 29.2. The maximum Gasteiger partial charge on any atom is -0.0382 e. The van der Waals surface area contributed by atoms with Crippen LogP contribution < -0.4 is 0 Å². The van der Waals surface area contributed by atoms with Crippen molar-refractivity contribution >= 4 is 0 Å². The van der Waals surface area contributed by atoms with Gasteiger partial charge in [-0.2, -0.15) is 0 Å². The molecule has 0 bridgehead atoms. The lowest BCUT2D eigenvalue weighted by molar-refractivity contribution is 1.23. The minimum atomic E-state index is 1.08. The van der Waals surface area contributed by atoms with Crippen molar-refractivity contribution in [1.29, 1.82) is 0 Å². The average molecular weight is 214 g/mol. The van der Waals surface area contributed by atoms with E-state index in [1.807, 2.05) is 66.7 Å². The number of allylic oxidation sites excluding steroid dienone is 4. The molecular weight excluding hydrogens is 180 g/mol. The van der Waals surface area contributed by atoms with Crippen molar-refractivity contribution in [2.45, 2.75) is 61.8 Å². The molecule has 0 aromatic heterocycles. The molecule has 94 valence electrons. The summed E-state index contributed by atoms with van der Waals surface area (Å²) in [7, 11) is 0. The Morgan fingerprint density at radius 1 is 0.867 bits per heavy atom. The van der Waals surface area contributed by atoms with Gasteiger partial charge in [0.05, 0.1) is 0 Å². The molecule has 0 saturated carbocycles. The van der Waals surface area contributed by atoms with Crippen LogP contribution in [0.4, 0.5) is 0 Å². The van der Waals surface area contributed by atoms with Crippen LogP contribution in [0, 0.1) is 0 Å². The van der Waals surface area contributed by atoms with Crippen molar-refractivity contribution < 1.29 is 0 Å². The summed E-state index contributed by atoms with van der Waals surface area (Å²) in [5.74, 6) is 0. The van der Waals surface area contributed by atoms with Crippen molar-refractivity contribution in [3.63, 3.8) is 0 Å². The average Bonchev–Trinajstić information content (AvgIpc) is 2.38. The summed E-state index contributed by atoms with van der Waals surface area (Å²) in [6.07, 6.45) is 8.53. The monoisotopic (exact) mass is 214 g/mol. The molecule has 0 aliphatic rings. The second-order valence-corrected chi connectivity index (χ2v) is 1.46. The zero-order valence-electron chi connectivity index (χ0n) is 12.4.